The summed E-state index contributed by atoms with van der Waals surface area (Å²) < 4.78 is 44.0. The first kappa shape index (κ1) is 49.8. The van der Waals surface area contributed by atoms with Crippen LogP contribution in [0, 0.1) is 17.3 Å². The average molecular weight is 939 g/mol. The maximum Gasteiger partial charge on any atom is 0.324 e. The van der Waals surface area contributed by atoms with Crippen LogP contribution in [-0.4, -0.2) is 117 Å². The molecule has 68 heavy (non-hydrogen) atoms. The molecule has 0 spiro atoms. The van der Waals surface area contributed by atoms with Crippen LogP contribution in [0.5, 0.6) is 0 Å². The highest BCUT2D eigenvalue weighted by Crippen LogP contribution is 2.42. The lowest BCUT2D eigenvalue weighted by Crippen LogP contribution is -2.62. The molecule has 2 fully saturated rings. The number of carbonyl (C=O) groups excluding carboxylic acids is 5. The van der Waals surface area contributed by atoms with Crippen molar-refractivity contribution >= 4 is 40.5 Å². The lowest BCUT2D eigenvalue weighted by Gasteiger charge is -2.37. The minimum Gasteiger partial charge on any atom is -0.464 e. The number of hydrazine groups is 1. The van der Waals surface area contributed by atoms with Crippen molar-refractivity contribution in [2.24, 2.45) is 17.3 Å². The summed E-state index contributed by atoms with van der Waals surface area (Å²) in [6.07, 6.45) is 1.06. The van der Waals surface area contributed by atoms with Gasteiger partial charge in [-0.05, 0) is 93.5 Å². The Hall–Kier alpha value is -6.07. The van der Waals surface area contributed by atoms with Crippen molar-refractivity contribution in [1.29, 1.82) is 0 Å². The number of pyridine rings is 2. The van der Waals surface area contributed by atoms with Crippen molar-refractivity contribution in [3.63, 3.8) is 0 Å². The third kappa shape index (κ3) is 10.3. The van der Waals surface area contributed by atoms with Crippen LogP contribution in [0.3, 0.4) is 0 Å². The summed E-state index contributed by atoms with van der Waals surface area (Å²) >= 11 is 0. The number of fused-ring (bicyclic) bond motifs is 6. The van der Waals surface area contributed by atoms with E-state index in [1.54, 1.807) is 27.2 Å². The van der Waals surface area contributed by atoms with Gasteiger partial charge in [0.25, 0.3) is 12.3 Å². The van der Waals surface area contributed by atoms with E-state index in [4.69, 9.17) is 19.4 Å². The van der Waals surface area contributed by atoms with E-state index in [0.29, 0.717) is 44.3 Å². The summed E-state index contributed by atoms with van der Waals surface area (Å²) in [4.78, 5) is 82.0. The predicted molar refractivity (Wildman–Crippen MR) is 253 cm³/mol. The van der Waals surface area contributed by atoms with Gasteiger partial charge in [0.1, 0.15) is 18.1 Å². The summed E-state index contributed by atoms with van der Waals surface area (Å²) in [5, 5.41) is 5.01. The number of benzene rings is 1. The first-order valence-electron chi connectivity index (χ1n) is 23.5. The number of ether oxygens (including phenoxy) is 2. The zero-order chi connectivity index (χ0) is 49.2. The van der Waals surface area contributed by atoms with E-state index in [1.807, 2.05) is 51.1 Å². The predicted octanol–water partition coefficient (Wildman–Crippen LogP) is 6.60. The van der Waals surface area contributed by atoms with Crippen LogP contribution >= 0.6 is 0 Å². The highest BCUT2D eigenvalue weighted by molar-refractivity contribution is 5.96. The van der Waals surface area contributed by atoms with Crippen LogP contribution in [0.4, 0.5) is 8.78 Å². The van der Waals surface area contributed by atoms with Crippen molar-refractivity contribution in [2.75, 3.05) is 40.4 Å². The van der Waals surface area contributed by atoms with Crippen LogP contribution in [0.1, 0.15) is 95.8 Å². The Morgan fingerprint density at radius 1 is 1.10 bits per heavy atom. The molecule has 4 amide bonds. The molecule has 1 aromatic carbocycles. The van der Waals surface area contributed by atoms with Gasteiger partial charge in [-0.3, -0.25) is 38.9 Å². The molecule has 2 N–H and O–H groups in total. The molecule has 3 aliphatic heterocycles. The highest BCUT2D eigenvalue weighted by atomic mass is 19.3. The second kappa shape index (κ2) is 20.7. The quantitative estimate of drug-likeness (QED) is 0.124. The summed E-state index contributed by atoms with van der Waals surface area (Å²) in [5.74, 6) is -3.40. The number of hydrogen-bond acceptors (Lipinski definition) is 10. The molecule has 0 radical (unpaired) electrons. The minimum atomic E-state index is -2.90. The van der Waals surface area contributed by atoms with E-state index in [9.17, 15) is 32.8 Å². The van der Waals surface area contributed by atoms with E-state index < -0.39 is 59.6 Å². The number of likely N-dealkylation sites (tertiary alicyclic amines) is 1. The Labute approximate surface area is 396 Å². The number of rotatable bonds is 11. The number of hydrogen-bond donors (Lipinski definition) is 2. The van der Waals surface area contributed by atoms with Gasteiger partial charge >= 0.3 is 5.97 Å². The summed E-state index contributed by atoms with van der Waals surface area (Å²) in [5.41, 5.74) is 7.40. The van der Waals surface area contributed by atoms with E-state index in [1.165, 1.54) is 40.1 Å². The van der Waals surface area contributed by atoms with E-state index >= 15 is 0 Å². The van der Waals surface area contributed by atoms with Crippen LogP contribution in [0.25, 0.3) is 33.4 Å². The molecular weight excluding hydrogens is 875 g/mol. The van der Waals surface area contributed by atoms with Crippen molar-refractivity contribution < 1.29 is 42.2 Å². The number of amides is 4. The Bertz CT molecular complexity index is 2580. The molecule has 2 saturated heterocycles. The van der Waals surface area contributed by atoms with Crippen molar-refractivity contribution in [1.82, 2.24) is 40.1 Å². The molecule has 4 aromatic rings. The molecule has 17 heteroatoms. The van der Waals surface area contributed by atoms with Crippen LogP contribution in [0.15, 0.2) is 61.3 Å². The van der Waals surface area contributed by atoms with Gasteiger partial charge in [0, 0.05) is 91.7 Å². The number of likely N-dealkylation sites (N-methyl/N-ethyl adjacent to an activating group) is 1. The molecule has 15 nitrogen and oxygen atoms in total. The maximum absolute atomic E-state index is 15.0. The molecule has 3 aliphatic rings. The normalized spacial score (nSPS) is 20.8. The number of aryl methyl sites for hydroxylation is 1. The maximum atomic E-state index is 15.0. The van der Waals surface area contributed by atoms with Gasteiger partial charge in [-0.25, -0.2) is 14.2 Å². The summed E-state index contributed by atoms with van der Waals surface area (Å²) in [6.45, 7) is 16.5. The number of nitrogens with one attached hydrogen (secondary N) is 2. The zero-order valence-electron chi connectivity index (χ0n) is 40.3. The molecule has 3 aromatic heterocycles. The molecular formula is C51H64F2N8O7. The molecule has 0 aliphatic carbocycles. The van der Waals surface area contributed by atoms with E-state index in [-0.39, 0.29) is 61.0 Å². The number of cyclic esters (lactones) is 1. The number of alkyl halides is 2. The smallest absolute Gasteiger partial charge is 0.324 e. The number of esters is 1. The monoisotopic (exact) mass is 938 g/mol. The molecule has 5 atom stereocenters. The fraction of sp³-hybridized carbons (Fsp3) is 0.510. The van der Waals surface area contributed by atoms with Crippen molar-refractivity contribution in [2.45, 2.75) is 111 Å². The summed E-state index contributed by atoms with van der Waals surface area (Å²) in [7, 11) is 3.16. The second-order valence-electron chi connectivity index (χ2n) is 19.3. The van der Waals surface area contributed by atoms with Crippen LogP contribution in [-0.2, 0) is 52.8 Å². The Morgan fingerprint density at radius 3 is 2.56 bits per heavy atom. The topological polar surface area (TPSA) is 168 Å². The van der Waals surface area contributed by atoms with Crippen LogP contribution < -0.4 is 10.7 Å². The van der Waals surface area contributed by atoms with Gasteiger partial charge in [0.05, 0.1) is 35.7 Å². The minimum absolute atomic E-state index is 0.0383. The van der Waals surface area contributed by atoms with Crippen molar-refractivity contribution in [3.05, 3.63) is 83.8 Å². The van der Waals surface area contributed by atoms with Gasteiger partial charge in [0.15, 0.2) is 0 Å². The molecule has 1 unspecified atom stereocenters. The van der Waals surface area contributed by atoms with E-state index in [2.05, 4.69) is 28.8 Å². The third-order valence-corrected chi connectivity index (χ3v) is 13.5. The fourth-order valence-electron chi connectivity index (χ4n) is 9.95. The number of carbonyl (C=O) groups is 5. The van der Waals surface area contributed by atoms with Gasteiger partial charge in [0.2, 0.25) is 17.7 Å². The van der Waals surface area contributed by atoms with Gasteiger partial charge < -0.3 is 29.2 Å². The molecule has 7 rings (SSSR count). The zero-order valence-corrected chi connectivity index (χ0v) is 40.3. The number of aromatic nitrogens is 3. The highest BCUT2D eigenvalue weighted by Gasteiger charge is 2.40. The molecule has 6 bridgehead atoms. The van der Waals surface area contributed by atoms with Crippen LogP contribution in [0.2, 0.25) is 0 Å². The second-order valence-corrected chi connectivity index (χ2v) is 19.3. The molecule has 0 saturated carbocycles. The van der Waals surface area contributed by atoms with E-state index in [0.717, 1.165) is 33.4 Å². The lowest BCUT2D eigenvalue weighted by molar-refractivity contribution is -0.155. The first-order chi connectivity index (χ1) is 32.4. The van der Waals surface area contributed by atoms with Gasteiger partial charge in [-0.2, -0.15) is 0 Å². The first-order valence-corrected chi connectivity index (χ1v) is 23.5. The number of halogens is 2. The fourth-order valence-corrected chi connectivity index (χ4v) is 9.95. The Balaban J connectivity index is 1.34. The largest absolute Gasteiger partial charge is 0.464 e. The van der Waals surface area contributed by atoms with Gasteiger partial charge in [-0.1, -0.05) is 40.3 Å². The molecule has 364 valence electrons. The Kier molecular flexibility index (Phi) is 15.1. The standard InChI is InChI=1S/C51H64F2N8O7/c1-10-42(62)59-21-18-32(27-59)48(64)58(8)44(29(3)4)47(63)56-40-25-34-22-33(46(52)53)24-39(55-34)31-16-17-41-36(23-31)37(45(60(41)11-2)35-14-12-19-54-43(35)30(5)67-9)26-51(6,7)28-68-50(66)38-15-13-20-61(57-38)49(40)65/h10,12,14,16-17,19,22-24,29-30,32,38,40,44,46,57H,1,11,13,15,18,20-21,25-28H2,2-9H3,(H,56,63)/t30-,32?,38-,40-,44-/m0/s1. The Morgan fingerprint density at radius 2 is 1.87 bits per heavy atom. The van der Waals surface area contributed by atoms with Crippen molar-refractivity contribution in [3.8, 4) is 22.5 Å². The van der Waals surface area contributed by atoms with Gasteiger partial charge in [-0.15, -0.1) is 0 Å². The number of methoxy groups -OCH3 is 1. The number of nitrogens with zero attached hydrogens (tertiary/aromatic N) is 6. The summed E-state index contributed by atoms with van der Waals surface area (Å²) in [6, 6.07) is 8.92. The lowest BCUT2D eigenvalue weighted by atomic mass is 9.84. The average Bonchev–Trinajstić information content (AvgIpc) is 3.94. The molecule has 6 heterocycles. The third-order valence-electron chi connectivity index (χ3n) is 13.5. The SMILES string of the molecule is C=CC(=O)N1CCC(C(=O)N(C)[C@H](C(=O)N[C@H]2Cc3cc(C(F)F)cc(n3)-c3ccc4c(c3)c(c(-c3cccnc3[C@H](C)OC)n4CC)CC(C)(C)COC(=O)[C@@H]3CCCN(N3)C2=O)C(C)C)C1.